The maximum Gasteiger partial charge on any atom is 0.416 e. The van der Waals surface area contributed by atoms with Crippen LogP contribution in [0.15, 0.2) is 24.3 Å². The molecule has 0 aromatic heterocycles. The molecule has 2 N–H and O–H groups in total. The maximum absolute atomic E-state index is 12.5. The van der Waals surface area contributed by atoms with E-state index >= 15 is 0 Å². The lowest BCUT2D eigenvalue weighted by atomic mass is 10.0. The molecular weight excluding hydrogens is 231 g/mol. The number of nitrogens with one attached hydrogen (secondary N) is 1. The standard InChI is InChI=1S/C12H16F3NO/c1-8(16-9(2)17)6-10-4-3-5-11(7-10)12(13,14)15/h3-5,7-9,16-17H,6H2,1-2H3. The molecule has 2 atom stereocenters. The molecular formula is C12H16F3NO. The van der Waals surface area contributed by atoms with E-state index in [0.717, 1.165) is 12.1 Å². The van der Waals surface area contributed by atoms with Crippen LogP contribution in [0.2, 0.25) is 0 Å². The van der Waals surface area contributed by atoms with Gasteiger partial charge in [0.05, 0.1) is 5.56 Å². The van der Waals surface area contributed by atoms with Gasteiger partial charge in [-0.1, -0.05) is 18.2 Å². The third-order valence-electron chi connectivity index (χ3n) is 2.32. The number of benzene rings is 1. The molecule has 0 aliphatic carbocycles. The summed E-state index contributed by atoms with van der Waals surface area (Å²) in [6, 6.07) is 5.15. The van der Waals surface area contributed by atoms with E-state index < -0.39 is 18.0 Å². The van der Waals surface area contributed by atoms with Crippen molar-refractivity contribution in [3.63, 3.8) is 0 Å². The van der Waals surface area contributed by atoms with Crippen molar-refractivity contribution in [1.29, 1.82) is 0 Å². The lowest BCUT2D eigenvalue weighted by Crippen LogP contribution is -2.35. The van der Waals surface area contributed by atoms with E-state index in [-0.39, 0.29) is 6.04 Å². The first-order valence-electron chi connectivity index (χ1n) is 5.39. The number of hydrogen-bond acceptors (Lipinski definition) is 2. The van der Waals surface area contributed by atoms with E-state index in [2.05, 4.69) is 5.32 Å². The highest BCUT2D eigenvalue weighted by Gasteiger charge is 2.30. The molecule has 0 spiro atoms. The van der Waals surface area contributed by atoms with E-state index in [4.69, 9.17) is 5.11 Å². The van der Waals surface area contributed by atoms with Gasteiger partial charge in [0, 0.05) is 6.04 Å². The van der Waals surface area contributed by atoms with Gasteiger partial charge in [0.2, 0.25) is 0 Å². The van der Waals surface area contributed by atoms with Crippen molar-refractivity contribution < 1.29 is 18.3 Å². The van der Waals surface area contributed by atoms with E-state index in [9.17, 15) is 13.2 Å². The van der Waals surface area contributed by atoms with Crippen LogP contribution in [0.5, 0.6) is 0 Å². The van der Waals surface area contributed by atoms with Crippen LogP contribution < -0.4 is 5.32 Å². The summed E-state index contributed by atoms with van der Waals surface area (Å²) in [4.78, 5) is 0. The van der Waals surface area contributed by atoms with E-state index in [1.807, 2.05) is 6.92 Å². The van der Waals surface area contributed by atoms with Gasteiger partial charge in [-0.15, -0.1) is 0 Å². The average molecular weight is 247 g/mol. The number of alkyl halides is 3. The number of hydrogen-bond donors (Lipinski definition) is 2. The summed E-state index contributed by atoms with van der Waals surface area (Å²) in [5.74, 6) is 0. The smallest absolute Gasteiger partial charge is 0.379 e. The van der Waals surface area contributed by atoms with Gasteiger partial charge in [-0.3, -0.25) is 5.32 Å². The molecule has 0 aliphatic heterocycles. The average Bonchev–Trinajstić information content (AvgIpc) is 2.15. The normalized spacial score (nSPS) is 15.6. The second kappa shape index (κ2) is 5.51. The van der Waals surface area contributed by atoms with Crippen LogP contribution in [0.25, 0.3) is 0 Å². The van der Waals surface area contributed by atoms with Gasteiger partial charge in [-0.25, -0.2) is 0 Å². The maximum atomic E-state index is 12.5. The number of halogens is 3. The molecule has 1 rings (SSSR count). The van der Waals surface area contributed by atoms with Crippen molar-refractivity contribution in [1.82, 2.24) is 5.32 Å². The molecule has 0 radical (unpaired) electrons. The van der Waals surface area contributed by atoms with Crippen LogP contribution >= 0.6 is 0 Å². The first-order chi connectivity index (χ1) is 7.79. The van der Waals surface area contributed by atoms with Crippen molar-refractivity contribution in [3.8, 4) is 0 Å². The van der Waals surface area contributed by atoms with Gasteiger partial charge in [-0.05, 0) is 31.9 Å². The Morgan fingerprint density at radius 1 is 1.29 bits per heavy atom. The highest BCUT2D eigenvalue weighted by atomic mass is 19.4. The molecule has 2 unspecified atom stereocenters. The van der Waals surface area contributed by atoms with Crippen LogP contribution in [0.3, 0.4) is 0 Å². The Hall–Kier alpha value is -1.07. The highest BCUT2D eigenvalue weighted by molar-refractivity contribution is 5.26. The summed E-state index contributed by atoms with van der Waals surface area (Å²) in [5.41, 5.74) is -0.0419. The van der Waals surface area contributed by atoms with Gasteiger partial charge >= 0.3 is 6.18 Å². The summed E-state index contributed by atoms with van der Waals surface area (Å²) < 4.78 is 37.4. The predicted molar refractivity (Wildman–Crippen MR) is 59.4 cm³/mol. The van der Waals surface area contributed by atoms with Gasteiger partial charge in [0.1, 0.15) is 6.23 Å². The molecule has 0 fully saturated rings. The van der Waals surface area contributed by atoms with Crippen molar-refractivity contribution >= 4 is 0 Å². The Morgan fingerprint density at radius 2 is 1.94 bits per heavy atom. The Kier molecular flexibility index (Phi) is 4.54. The second-order valence-electron chi connectivity index (χ2n) is 4.15. The minimum Gasteiger partial charge on any atom is -0.379 e. The van der Waals surface area contributed by atoms with Gasteiger partial charge in [-0.2, -0.15) is 13.2 Å². The lowest BCUT2D eigenvalue weighted by Gasteiger charge is -2.16. The Morgan fingerprint density at radius 3 is 2.47 bits per heavy atom. The van der Waals surface area contributed by atoms with Gasteiger partial charge in [0.15, 0.2) is 0 Å². The molecule has 0 amide bonds. The molecule has 0 aliphatic rings. The molecule has 5 heteroatoms. The summed E-state index contributed by atoms with van der Waals surface area (Å²) in [6.45, 7) is 3.38. The quantitative estimate of drug-likeness (QED) is 0.801. The van der Waals surface area contributed by atoms with Crippen molar-refractivity contribution in [2.24, 2.45) is 0 Å². The fourth-order valence-corrected chi connectivity index (χ4v) is 1.70. The monoisotopic (exact) mass is 247 g/mol. The summed E-state index contributed by atoms with van der Waals surface area (Å²) in [6.07, 6.45) is -4.54. The van der Waals surface area contributed by atoms with Crippen LogP contribution in [-0.2, 0) is 12.6 Å². The van der Waals surface area contributed by atoms with Crippen molar-refractivity contribution in [2.75, 3.05) is 0 Å². The number of rotatable bonds is 4. The van der Waals surface area contributed by atoms with Crippen LogP contribution in [0, 0.1) is 0 Å². The zero-order chi connectivity index (χ0) is 13.1. The van der Waals surface area contributed by atoms with E-state index in [1.54, 1.807) is 13.0 Å². The first kappa shape index (κ1) is 14.0. The largest absolute Gasteiger partial charge is 0.416 e. The topological polar surface area (TPSA) is 32.3 Å². The van der Waals surface area contributed by atoms with Crippen molar-refractivity contribution in [3.05, 3.63) is 35.4 Å². The Bertz CT molecular complexity index is 363. The lowest BCUT2D eigenvalue weighted by molar-refractivity contribution is -0.137. The van der Waals surface area contributed by atoms with E-state index in [1.165, 1.54) is 6.07 Å². The molecule has 1 aromatic carbocycles. The summed E-state index contributed by atoms with van der Waals surface area (Å²) in [7, 11) is 0. The highest BCUT2D eigenvalue weighted by Crippen LogP contribution is 2.29. The SMILES string of the molecule is CC(O)NC(C)Cc1cccc(C(F)(F)F)c1. The van der Waals surface area contributed by atoms with Gasteiger partial charge < -0.3 is 5.11 Å². The summed E-state index contributed by atoms with van der Waals surface area (Å²) in [5, 5.41) is 11.9. The second-order valence-corrected chi connectivity index (χ2v) is 4.15. The summed E-state index contributed by atoms with van der Waals surface area (Å²) >= 11 is 0. The fraction of sp³-hybridized carbons (Fsp3) is 0.500. The number of aliphatic hydroxyl groups is 1. The molecule has 0 saturated carbocycles. The Balaban J connectivity index is 2.72. The molecule has 96 valence electrons. The van der Waals surface area contributed by atoms with Crippen LogP contribution in [0.4, 0.5) is 13.2 Å². The van der Waals surface area contributed by atoms with E-state index in [0.29, 0.717) is 12.0 Å². The third kappa shape index (κ3) is 4.75. The molecule has 0 bridgehead atoms. The first-order valence-corrected chi connectivity index (χ1v) is 5.39. The van der Waals surface area contributed by atoms with Crippen LogP contribution in [0.1, 0.15) is 25.0 Å². The molecule has 1 aromatic rings. The minimum absolute atomic E-state index is 0.0847. The van der Waals surface area contributed by atoms with Gasteiger partial charge in [0.25, 0.3) is 0 Å². The molecule has 17 heavy (non-hydrogen) atoms. The molecule has 0 saturated heterocycles. The fourth-order valence-electron chi connectivity index (χ4n) is 1.70. The Labute approximate surface area is 98.5 Å². The zero-order valence-corrected chi connectivity index (χ0v) is 9.75. The van der Waals surface area contributed by atoms with Crippen LogP contribution in [-0.4, -0.2) is 17.4 Å². The van der Waals surface area contributed by atoms with Crippen molar-refractivity contribution in [2.45, 2.75) is 38.7 Å². The predicted octanol–water partition coefficient (Wildman–Crippen LogP) is 2.56. The number of aliphatic hydroxyl groups excluding tert-OH is 1. The minimum atomic E-state index is -4.31. The molecule has 2 nitrogen and oxygen atoms in total. The zero-order valence-electron chi connectivity index (χ0n) is 9.75. The molecule has 0 heterocycles. The third-order valence-corrected chi connectivity index (χ3v) is 2.32.